The molecule has 3 rings (SSSR count). The fourth-order valence-corrected chi connectivity index (χ4v) is 3.04. The van der Waals surface area contributed by atoms with E-state index in [1.54, 1.807) is 16.3 Å². The molecule has 0 radical (unpaired) electrons. The Morgan fingerprint density at radius 1 is 1.14 bits per heavy atom. The lowest BCUT2D eigenvalue weighted by Gasteiger charge is -2.26. The average Bonchev–Trinajstić information content (AvgIpc) is 2.75. The molecular weight excluding hydrogens is 266 g/mol. The van der Waals surface area contributed by atoms with E-state index in [9.17, 15) is 9.59 Å². The molecule has 0 bridgehead atoms. The Morgan fingerprint density at radius 3 is 2.48 bits per heavy atom. The smallest absolute Gasteiger partial charge is 0.278 e. The van der Waals surface area contributed by atoms with Crippen LogP contribution < -0.4 is 10.5 Å². The highest BCUT2D eigenvalue weighted by Crippen LogP contribution is 2.25. The monoisotopic (exact) mass is 285 g/mol. The zero-order valence-corrected chi connectivity index (χ0v) is 12.6. The molecule has 1 aromatic heterocycles. The van der Waals surface area contributed by atoms with Crippen molar-refractivity contribution in [3.8, 4) is 0 Å². The number of aromatic nitrogens is 2. The standard InChI is InChI=1S/C16H19N3O2/c1-4-17(5-2)14-11(3)15(20)18-10-12-8-6-7-9-13(12)16(21)19(14)18/h6-9H,4-5,10H2,1-3H3. The Balaban J connectivity index is 2.27. The van der Waals surface area contributed by atoms with Crippen molar-refractivity contribution in [2.45, 2.75) is 27.3 Å². The second kappa shape index (κ2) is 4.91. The summed E-state index contributed by atoms with van der Waals surface area (Å²) >= 11 is 0. The molecule has 2 aromatic rings. The summed E-state index contributed by atoms with van der Waals surface area (Å²) in [7, 11) is 0. The van der Waals surface area contributed by atoms with Gasteiger partial charge in [-0.2, -0.15) is 4.68 Å². The summed E-state index contributed by atoms with van der Waals surface area (Å²) in [5, 5.41) is 0. The third kappa shape index (κ3) is 1.84. The fraction of sp³-hybridized carbons (Fsp3) is 0.375. The molecule has 0 spiro atoms. The molecule has 0 saturated heterocycles. The van der Waals surface area contributed by atoms with E-state index in [0.717, 1.165) is 24.5 Å². The van der Waals surface area contributed by atoms with Crippen LogP contribution >= 0.6 is 0 Å². The average molecular weight is 285 g/mol. The lowest BCUT2D eigenvalue weighted by molar-refractivity contribution is 0.0918. The maximum Gasteiger partial charge on any atom is 0.278 e. The first-order chi connectivity index (χ1) is 10.1. The molecule has 2 heterocycles. The van der Waals surface area contributed by atoms with E-state index < -0.39 is 0 Å². The lowest BCUT2D eigenvalue weighted by Crippen LogP contribution is -2.36. The molecule has 0 saturated carbocycles. The highest BCUT2D eigenvalue weighted by Gasteiger charge is 2.30. The van der Waals surface area contributed by atoms with Crippen LogP contribution in [0, 0.1) is 6.92 Å². The van der Waals surface area contributed by atoms with Crippen LogP contribution in [0.2, 0.25) is 0 Å². The molecular formula is C16H19N3O2. The number of anilines is 1. The third-order valence-electron chi connectivity index (χ3n) is 4.16. The van der Waals surface area contributed by atoms with Crippen LogP contribution in [0.4, 0.5) is 5.82 Å². The lowest BCUT2D eigenvalue weighted by atomic mass is 10.1. The fourth-order valence-electron chi connectivity index (χ4n) is 3.04. The van der Waals surface area contributed by atoms with Gasteiger partial charge in [0, 0.05) is 18.7 Å². The summed E-state index contributed by atoms with van der Waals surface area (Å²) in [4.78, 5) is 27.4. The summed E-state index contributed by atoms with van der Waals surface area (Å²) in [6, 6.07) is 7.49. The van der Waals surface area contributed by atoms with Gasteiger partial charge in [0.1, 0.15) is 5.82 Å². The van der Waals surface area contributed by atoms with Crippen molar-refractivity contribution < 1.29 is 4.79 Å². The number of hydrogen-bond acceptors (Lipinski definition) is 3. The first kappa shape index (κ1) is 13.7. The molecule has 0 N–H and O–H groups in total. The first-order valence-electron chi connectivity index (χ1n) is 7.30. The molecule has 110 valence electrons. The van der Waals surface area contributed by atoms with Crippen LogP contribution in [-0.4, -0.2) is 28.4 Å². The minimum Gasteiger partial charge on any atom is -0.357 e. The summed E-state index contributed by atoms with van der Waals surface area (Å²) < 4.78 is 3.10. The van der Waals surface area contributed by atoms with E-state index in [1.807, 2.05) is 38.1 Å². The quantitative estimate of drug-likeness (QED) is 0.738. The number of hydrogen-bond donors (Lipinski definition) is 0. The molecule has 0 unspecified atom stereocenters. The van der Waals surface area contributed by atoms with Gasteiger partial charge in [0.25, 0.3) is 11.5 Å². The number of fused-ring (bicyclic) bond motifs is 2. The topological polar surface area (TPSA) is 47.2 Å². The maximum absolute atomic E-state index is 12.8. The van der Waals surface area contributed by atoms with Gasteiger partial charge in [-0.25, -0.2) is 4.68 Å². The maximum atomic E-state index is 12.8. The first-order valence-corrected chi connectivity index (χ1v) is 7.30. The summed E-state index contributed by atoms with van der Waals surface area (Å²) in [5.74, 6) is 0.605. The largest absolute Gasteiger partial charge is 0.357 e. The Bertz CT molecular complexity index is 766. The predicted octanol–water partition coefficient (Wildman–Crippen LogP) is 1.85. The minimum absolute atomic E-state index is 0.0836. The van der Waals surface area contributed by atoms with Crippen LogP contribution in [0.15, 0.2) is 29.1 Å². The molecule has 5 nitrogen and oxygen atoms in total. The summed E-state index contributed by atoms with van der Waals surface area (Å²) in [6.45, 7) is 7.82. The predicted molar refractivity (Wildman–Crippen MR) is 82.3 cm³/mol. The van der Waals surface area contributed by atoms with Crippen molar-refractivity contribution >= 4 is 11.7 Å². The van der Waals surface area contributed by atoms with Gasteiger partial charge in [0.05, 0.1) is 12.1 Å². The molecule has 1 aromatic carbocycles. The second-order valence-electron chi connectivity index (χ2n) is 5.26. The van der Waals surface area contributed by atoms with Crippen LogP contribution in [-0.2, 0) is 6.54 Å². The molecule has 0 aliphatic carbocycles. The van der Waals surface area contributed by atoms with Gasteiger partial charge < -0.3 is 4.90 Å². The van der Waals surface area contributed by atoms with Crippen molar-refractivity contribution in [1.29, 1.82) is 0 Å². The van der Waals surface area contributed by atoms with E-state index >= 15 is 0 Å². The van der Waals surface area contributed by atoms with Crippen LogP contribution in [0.3, 0.4) is 0 Å². The van der Waals surface area contributed by atoms with E-state index in [1.165, 1.54) is 0 Å². The van der Waals surface area contributed by atoms with Crippen LogP contribution in [0.1, 0.15) is 35.3 Å². The number of benzene rings is 1. The van der Waals surface area contributed by atoms with Crippen molar-refractivity contribution in [3.05, 3.63) is 51.3 Å². The SMILES string of the molecule is CCN(CC)c1c(C)c(=O)n2n1C(=O)c1ccccc1C2. The number of rotatable bonds is 3. The molecule has 1 aliphatic heterocycles. The zero-order valence-electron chi connectivity index (χ0n) is 12.6. The van der Waals surface area contributed by atoms with Crippen molar-refractivity contribution in [1.82, 2.24) is 9.36 Å². The Hall–Kier alpha value is -2.30. The minimum atomic E-state index is -0.121. The molecule has 0 fully saturated rings. The van der Waals surface area contributed by atoms with Crippen molar-refractivity contribution in [2.75, 3.05) is 18.0 Å². The van der Waals surface area contributed by atoms with Gasteiger partial charge in [0.15, 0.2) is 0 Å². The molecule has 0 atom stereocenters. The molecule has 5 heteroatoms. The van der Waals surface area contributed by atoms with Gasteiger partial charge in [-0.1, -0.05) is 18.2 Å². The molecule has 0 amide bonds. The summed E-state index contributed by atoms with van der Waals surface area (Å²) in [6.07, 6.45) is 0. The van der Waals surface area contributed by atoms with E-state index in [-0.39, 0.29) is 11.5 Å². The van der Waals surface area contributed by atoms with Crippen LogP contribution in [0.5, 0.6) is 0 Å². The molecule has 21 heavy (non-hydrogen) atoms. The normalized spacial score (nSPS) is 13.0. The van der Waals surface area contributed by atoms with Gasteiger partial charge in [-0.15, -0.1) is 0 Å². The Morgan fingerprint density at radius 2 is 1.81 bits per heavy atom. The number of nitrogens with zero attached hydrogens (tertiary/aromatic N) is 3. The highest BCUT2D eigenvalue weighted by molar-refractivity contribution is 5.99. The van der Waals surface area contributed by atoms with E-state index in [0.29, 0.717) is 17.7 Å². The van der Waals surface area contributed by atoms with Gasteiger partial charge in [-0.3, -0.25) is 9.59 Å². The van der Waals surface area contributed by atoms with E-state index in [4.69, 9.17) is 0 Å². The Labute approximate surface area is 123 Å². The number of carbonyl (C=O) groups is 1. The molecule has 1 aliphatic rings. The number of carbonyl (C=O) groups excluding carboxylic acids is 1. The zero-order chi connectivity index (χ0) is 15.1. The van der Waals surface area contributed by atoms with Crippen LogP contribution in [0.25, 0.3) is 0 Å². The van der Waals surface area contributed by atoms with Gasteiger partial charge in [0.2, 0.25) is 0 Å². The van der Waals surface area contributed by atoms with Gasteiger partial charge >= 0.3 is 0 Å². The van der Waals surface area contributed by atoms with Crippen molar-refractivity contribution in [3.63, 3.8) is 0 Å². The van der Waals surface area contributed by atoms with Gasteiger partial charge in [-0.05, 0) is 32.4 Å². The third-order valence-corrected chi connectivity index (χ3v) is 4.16. The summed E-state index contributed by atoms with van der Waals surface area (Å²) in [5.41, 5.74) is 2.14. The second-order valence-corrected chi connectivity index (χ2v) is 5.26. The van der Waals surface area contributed by atoms with Crippen molar-refractivity contribution in [2.24, 2.45) is 0 Å². The van der Waals surface area contributed by atoms with E-state index in [2.05, 4.69) is 4.90 Å². The Kier molecular flexibility index (Phi) is 3.20. The highest BCUT2D eigenvalue weighted by atomic mass is 16.2.